The molecule has 1 heterocycles. The lowest BCUT2D eigenvalue weighted by atomic mass is 10.1. The molecule has 2 aromatic carbocycles. The summed E-state index contributed by atoms with van der Waals surface area (Å²) in [6, 6.07) is 12.7. The van der Waals surface area contributed by atoms with Crippen LogP contribution in [0.25, 0.3) is 11.0 Å². The molecule has 0 spiro atoms. The average Bonchev–Trinajstić information content (AvgIpc) is 2.60. The van der Waals surface area contributed by atoms with Crippen LogP contribution in [0, 0.1) is 0 Å². The summed E-state index contributed by atoms with van der Waals surface area (Å²) in [4.78, 5) is 22.7. The van der Waals surface area contributed by atoms with Gasteiger partial charge in [-0.15, -0.1) is 0 Å². The molecule has 5 heteroatoms. The predicted molar refractivity (Wildman–Crippen MR) is 85.3 cm³/mol. The third kappa shape index (κ3) is 2.48. The fourth-order valence-corrected chi connectivity index (χ4v) is 2.28. The molecular weight excluding hydrogens is 278 g/mol. The van der Waals surface area contributed by atoms with Gasteiger partial charge in [0.05, 0.1) is 23.7 Å². The van der Waals surface area contributed by atoms with Gasteiger partial charge in [-0.05, 0) is 30.3 Å². The number of rotatable bonds is 3. The van der Waals surface area contributed by atoms with Gasteiger partial charge < -0.3 is 9.64 Å². The van der Waals surface area contributed by atoms with Crippen molar-refractivity contribution < 1.29 is 9.53 Å². The highest BCUT2D eigenvalue weighted by Gasteiger charge is 2.17. The average molecular weight is 293 g/mol. The molecule has 0 N–H and O–H groups in total. The largest absolute Gasteiger partial charge is 0.496 e. The minimum atomic E-state index is -0.138. The van der Waals surface area contributed by atoms with Gasteiger partial charge in [0.1, 0.15) is 5.75 Å². The lowest BCUT2D eigenvalue weighted by Gasteiger charge is -2.19. The molecule has 0 bridgehead atoms. The van der Waals surface area contributed by atoms with E-state index in [-0.39, 0.29) is 5.91 Å². The number of hydrogen-bond donors (Lipinski definition) is 0. The van der Waals surface area contributed by atoms with Gasteiger partial charge >= 0.3 is 0 Å². The Bertz CT molecular complexity index is 833. The van der Waals surface area contributed by atoms with Gasteiger partial charge in [0.2, 0.25) is 0 Å². The van der Waals surface area contributed by atoms with Gasteiger partial charge in [-0.1, -0.05) is 12.1 Å². The molecule has 1 aromatic heterocycles. The van der Waals surface area contributed by atoms with Crippen LogP contribution in [-0.2, 0) is 0 Å². The number of nitrogens with zero attached hydrogens (tertiary/aromatic N) is 3. The SMILES string of the molecule is COc1ccccc1C(=O)N(C)c1ccc2nccnc2c1. The highest BCUT2D eigenvalue weighted by atomic mass is 16.5. The zero-order chi connectivity index (χ0) is 15.5. The molecule has 0 saturated heterocycles. The lowest BCUT2D eigenvalue weighted by Crippen LogP contribution is -2.26. The molecule has 22 heavy (non-hydrogen) atoms. The van der Waals surface area contributed by atoms with E-state index in [0.29, 0.717) is 11.3 Å². The number of amides is 1. The summed E-state index contributed by atoms with van der Waals surface area (Å²) in [5, 5.41) is 0. The van der Waals surface area contributed by atoms with Gasteiger partial charge in [-0.2, -0.15) is 0 Å². The standard InChI is InChI=1S/C17H15N3O2/c1-20(17(21)13-5-3-4-6-16(13)22-2)12-7-8-14-15(11-12)19-10-9-18-14/h3-11H,1-2H3. The van der Waals surface area contributed by atoms with Crippen LogP contribution in [0.1, 0.15) is 10.4 Å². The van der Waals surface area contributed by atoms with Gasteiger partial charge in [0.25, 0.3) is 5.91 Å². The maximum Gasteiger partial charge on any atom is 0.261 e. The first kappa shape index (κ1) is 14.0. The molecular formula is C17H15N3O2. The Kier molecular flexibility index (Phi) is 3.70. The van der Waals surface area contributed by atoms with Crippen molar-refractivity contribution in [2.75, 3.05) is 19.1 Å². The van der Waals surface area contributed by atoms with Crippen molar-refractivity contribution in [1.82, 2.24) is 9.97 Å². The number of methoxy groups -OCH3 is 1. The molecule has 1 amide bonds. The molecule has 0 radical (unpaired) electrons. The third-order valence-electron chi connectivity index (χ3n) is 3.48. The molecule has 3 rings (SSSR count). The second-order valence-corrected chi connectivity index (χ2v) is 4.79. The maximum absolute atomic E-state index is 12.7. The normalized spacial score (nSPS) is 10.5. The maximum atomic E-state index is 12.7. The molecule has 0 aliphatic rings. The molecule has 0 unspecified atom stereocenters. The summed E-state index contributed by atoms with van der Waals surface area (Å²) in [5.41, 5.74) is 2.82. The van der Waals surface area contributed by atoms with Gasteiger partial charge in [-0.25, -0.2) is 0 Å². The lowest BCUT2D eigenvalue weighted by molar-refractivity contribution is 0.0990. The Morgan fingerprint density at radius 2 is 1.77 bits per heavy atom. The molecule has 0 fully saturated rings. The fourth-order valence-electron chi connectivity index (χ4n) is 2.28. The predicted octanol–water partition coefficient (Wildman–Crippen LogP) is 2.92. The summed E-state index contributed by atoms with van der Waals surface area (Å²) >= 11 is 0. The van der Waals surface area contributed by atoms with Crippen molar-refractivity contribution in [3.8, 4) is 5.75 Å². The topological polar surface area (TPSA) is 55.3 Å². The summed E-state index contributed by atoms with van der Waals surface area (Å²) in [6.45, 7) is 0. The molecule has 0 aliphatic carbocycles. The van der Waals surface area contributed by atoms with Crippen molar-refractivity contribution >= 4 is 22.6 Å². The van der Waals surface area contributed by atoms with E-state index >= 15 is 0 Å². The van der Waals surface area contributed by atoms with E-state index in [1.165, 1.54) is 0 Å². The quantitative estimate of drug-likeness (QED) is 0.745. The van der Waals surface area contributed by atoms with Crippen LogP contribution in [0.4, 0.5) is 5.69 Å². The molecule has 0 atom stereocenters. The van der Waals surface area contributed by atoms with Gasteiger partial charge in [0.15, 0.2) is 0 Å². The smallest absolute Gasteiger partial charge is 0.261 e. The van der Waals surface area contributed by atoms with E-state index in [4.69, 9.17) is 4.74 Å². The Morgan fingerprint density at radius 1 is 1.05 bits per heavy atom. The number of ether oxygens (including phenoxy) is 1. The molecule has 0 saturated carbocycles. The number of carbonyl (C=O) groups excluding carboxylic acids is 1. The zero-order valence-electron chi connectivity index (χ0n) is 12.4. The highest BCUT2D eigenvalue weighted by Crippen LogP contribution is 2.23. The Labute approximate surface area is 128 Å². The molecule has 5 nitrogen and oxygen atoms in total. The molecule has 0 aliphatic heterocycles. The minimum absolute atomic E-state index is 0.138. The van der Waals surface area contributed by atoms with Crippen molar-refractivity contribution in [3.05, 3.63) is 60.4 Å². The Balaban J connectivity index is 1.97. The van der Waals surface area contributed by atoms with Crippen molar-refractivity contribution in [3.63, 3.8) is 0 Å². The van der Waals surface area contributed by atoms with Gasteiger partial charge in [-0.3, -0.25) is 14.8 Å². The molecule has 110 valence electrons. The van der Waals surface area contributed by atoms with Crippen molar-refractivity contribution in [2.45, 2.75) is 0 Å². The number of aromatic nitrogens is 2. The first-order chi connectivity index (χ1) is 10.7. The number of anilines is 1. The van der Waals surface area contributed by atoms with Gasteiger partial charge in [0, 0.05) is 25.1 Å². The van der Waals surface area contributed by atoms with E-state index < -0.39 is 0 Å². The number of benzene rings is 2. The first-order valence-electron chi connectivity index (χ1n) is 6.82. The minimum Gasteiger partial charge on any atom is -0.496 e. The monoisotopic (exact) mass is 293 g/mol. The van der Waals surface area contributed by atoms with Crippen molar-refractivity contribution in [2.24, 2.45) is 0 Å². The van der Waals surface area contributed by atoms with Crippen LogP contribution in [0.2, 0.25) is 0 Å². The third-order valence-corrected chi connectivity index (χ3v) is 3.48. The second kappa shape index (κ2) is 5.81. The van der Waals surface area contributed by atoms with Crippen molar-refractivity contribution in [1.29, 1.82) is 0 Å². The number of carbonyl (C=O) groups is 1. The van der Waals surface area contributed by atoms with Crippen LogP contribution >= 0.6 is 0 Å². The summed E-state index contributed by atoms with van der Waals surface area (Å²) in [5.74, 6) is 0.417. The van der Waals surface area contributed by atoms with E-state index in [0.717, 1.165) is 16.7 Å². The van der Waals surface area contributed by atoms with E-state index in [2.05, 4.69) is 9.97 Å². The van der Waals surface area contributed by atoms with E-state index in [9.17, 15) is 4.79 Å². The van der Waals surface area contributed by atoms with Crippen LogP contribution in [-0.4, -0.2) is 30.0 Å². The number of fused-ring (bicyclic) bond motifs is 1. The van der Waals surface area contributed by atoms with E-state index in [1.54, 1.807) is 43.6 Å². The summed E-state index contributed by atoms with van der Waals surface area (Å²) in [7, 11) is 3.28. The van der Waals surface area contributed by atoms with Crippen LogP contribution < -0.4 is 9.64 Å². The Morgan fingerprint density at radius 3 is 2.55 bits per heavy atom. The molecule has 3 aromatic rings. The van der Waals surface area contributed by atoms with Crippen LogP contribution in [0.5, 0.6) is 5.75 Å². The highest BCUT2D eigenvalue weighted by molar-refractivity contribution is 6.08. The number of para-hydroxylation sites is 1. The summed E-state index contributed by atoms with van der Waals surface area (Å²) < 4.78 is 5.25. The van der Waals surface area contributed by atoms with Crippen LogP contribution in [0.3, 0.4) is 0 Å². The van der Waals surface area contributed by atoms with Crippen LogP contribution in [0.15, 0.2) is 54.9 Å². The van der Waals surface area contributed by atoms with E-state index in [1.807, 2.05) is 30.3 Å². The number of hydrogen-bond acceptors (Lipinski definition) is 4. The first-order valence-corrected chi connectivity index (χ1v) is 6.82. The fraction of sp³-hybridized carbons (Fsp3) is 0.118. The zero-order valence-corrected chi connectivity index (χ0v) is 12.4. The second-order valence-electron chi connectivity index (χ2n) is 4.79. The summed E-state index contributed by atoms with van der Waals surface area (Å²) in [6.07, 6.45) is 3.28. The Hall–Kier alpha value is -2.95.